The summed E-state index contributed by atoms with van der Waals surface area (Å²) in [6, 6.07) is 8.21. The summed E-state index contributed by atoms with van der Waals surface area (Å²) in [6.45, 7) is 0. The number of carbonyl (C=O) groups is 1. The Labute approximate surface area is 133 Å². The van der Waals surface area contributed by atoms with Crippen molar-refractivity contribution in [2.75, 3.05) is 5.75 Å². The van der Waals surface area contributed by atoms with E-state index < -0.39 is 0 Å². The number of thiophene rings is 1. The van der Waals surface area contributed by atoms with Gasteiger partial charge in [-0.25, -0.2) is 5.84 Å². The monoisotopic (exact) mass is 320 g/mol. The number of amides is 1. The molecule has 1 aliphatic carbocycles. The van der Waals surface area contributed by atoms with Gasteiger partial charge in [-0.15, -0.1) is 11.3 Å². The molecule has 0 aliphatic heterocycles. The standard InChI is InChI=1S/C16H20N2OS2/c17-18-16(19)15-13(10-20-9-11-5-1-2-6-11)12-7-3-4-8-14(12)21-15/h3-4,7-8,11H,1-2,5-6,9-10,17H2,(H,18,19). The number of fused-ring (bicyclic) bond motifs is 1. The Morgan fingerprint density at radius 2 is 2.10 bits per heavy atom. The maximum atomic E-state index is 12.0. The first-order valence-corrected chi connectivity index (χ1v) is 9.36. The second kappa shape index (κ2) is 6.81. The molecular formula is C16H20N2OS2. The van der Waals surface area contributed by atoms with Crippen molar-refractivity contribution in [3.05, 3.63) is 34.7 Å². The Morgan fingerprint density at radius 1 is 1.33 bits per heavy atom. The topological polar surface area (TPSA) is 55.1 Å². The van der Waals surface area contributed by atoms with Crippen LogP contribution in [0.1, 0.15) is 40.9 Å². The average Bonchev–Trinajstić information content (AvgIpc) is 3.14. The molecule has 1 fully saturated rings. The Hall–Kier alpha value is -1.04. The molecular weight excluding hydrogens is 300 g/mol. The molecule has 3 rings (SSSR count). The van der Waals surface area contributed by atoms with Crippen LogP contribution < -0.4 is 11.3 Å². The van der Waals surface area contributed by atoms with Gasteiger partial charge >= 0.3 is 0 Å². The van der Waals surface area contributed by atoms with Gasteiger partial charge in [0.2, 0.25) is 0 Å². The first kappa shape index (κ1) is 14.9. The molecule has 3 nitrogen and oxygen atoms in total. The Balaban J connectivity index is 1.79. The summed E-state index contributed by atoms with van der Waals surface area (Å²) >= 11 is 3.48. The first-order valence-electron chi connectivity index (χ1n) is 7.38. The van der Waals surface area contributed by atoms with E-state index in [1.165, 1.54) is 48.2 Å². The summed E-state index contributed by atoms with van der Waals surface area (Å²) in [5, 5.41) is 1.19. The SMILES string of the molecule is NNC(=O)c1sc2ccccc2c1CSCC1CCCC1. The lowest BCUT2D eigenvalue weighted by atomic mass is 10.1. The molecule has 1 saturated carbocycles. The van der Waals surface area contributed by atoms with Crippen LogP contribution in [0, 0.1) is 5.92 Å². The highest BCUT2D eigenvalue weighted by molar-refractivity contribution is 7.98. The fourth-order valence-electron chi connectivity index (χ4n) is 3.00. The molecule has 1 aromatic heterocycles. The zero-order valence-electron chi connectivity index (χ0n) is 11.9. The van der Waals surface area contributed by atoms with Crippen molar-refractivity contribution in [2.45, 2.75) is 31.4 Å². The van der Waals surface area contributed by atoms with Crippen molar-refractivity contribution >= 4 is 39.1 Å². The summed E-state index contributed by atoms with van der Waals surface area (Å²) in [7, 11) is 0. The minimum absolute atomic E-state index is 0.173. The maximum absolute atomic E-state index is 12.0. The van der Waals surface area contributed by atoms with Gasteiger partial charge in [0.15, 0.2) is 0 Å². The number of thioether (sulfide) groups is 1. The quantitative estimate of drug-likeness (QED) is 0.498. The minimum Gasteiger partial charge on any atom is -0.289 e. The van der Waals surface area contributed by atoms with Crippen LogP contribution in [0.3, 0.4) is 0 Å². The molecule has 1 amide bonds. The van der Waals surface area contributed by atoms with Gasteiger partial charge in [-0.1, -0.05) is 31.0 Å². The highest BCUT2D eigenvalue weighted by Crippen LogP contribution is 2.35. The van der Waals surface area contributed by atoms with Crippen LogP contribution >= 0.6 is 23.1 Å². The fourth-order valence-corrected chi connectivity index (χ4v) is 5.50. The van der Waals surface area contributed by atoms with E-state index in [0.717, 1.165) is 26.8 Å². The van der Waals surface area contributed by atoms with Crippen molar-refractivity contribution in [1.82, 2.24) is 5.43 Å². The van der Waals surface area contributed by atoms with Gasteiger partial charge in [0.1, 0.15) is 0 Å². The van der Waals surface area contributed by atoms with Crippen LogP contribution in [0.2, 0.25) is 0 Å². The second-order valence-corrected chi connectivity index (χ2v) is 7.63. The zero-order valence-corrected chi connectivity index (χ0v) is 13.6. The van der Waals surface area contributed by atoms with Crippen molar-refractivity contribution in [2.24, 2.45) is 11.8 Å². The maximum Gasteiger partial charge on any atom is 0.275 e. The Kier molecular flexibility index (Phi) is 4.83. The number of nitrogen functional groups attached to an aromatic ring is 1. The van der Waals surface area contributed by atoms with Gasteiger partial charge < -0.3 is 0 Å². The number of hydrogen-bond acceptors (Lipinski definition) is 4. The molecule has 3 N–H and O–H groups in total. The molecule has 1 aliphatic rings. The smallest absolute Gasteiger partial charge is 0.275 e. The van der Waals surface area contributed by atoms with E-state index >= 15 is 0 Å². The molecule has 0 unspecified atom stereocenters. The molecule has 0 saturated heterocycles. The lowest BCUT2D eigenvalue weighted by Crippen LogP contribution is -2.29. The van der Waals surface area contributed by atoms with Crippen LogP contribution in [0.15, 0.2) is 24.3 Å². The molecule has 1 heterocycles. The van der Waals surface area contributed by atoms with E-state index in [4.69, 9.17) is 5.84 Å². The Bertz CT molecular complexity index is 632. The third-order valence-corrected chi connectivity index (χ3v) is 6.52. The van der Waals surface area contributed by atoms with E-state index in [-0.39, 0.29) is 5.91 Å². The summed E-state index contributed by atoms with van der Waals surface area (Å²) < 4.78 is 1.16. The number of carbonyl (C=O) groups excluding carboxylic acids is 1. The van der Waals surface area contributed by atoms with Crippen LogP contribution in [-0.2, 0) is 5.75 Å². The average molecular weight is 320 g/mol. The Morgan fingerprint density at radius 3 is 2.86 bits per heavy atom. The fraction of sp³-hybridized carbons (Fsp3) is 0.438. The number of benzene rings is 1. The predicted octanol–water partition coefficient (Wildman–Crippen LogP) is 3.93. The molecule has 0 atom stereocenters. The molecule has 21 heavy (non-hydrogen) atoms. The third kappa shape index (κ3) is 3.25. The van der Waals surface area contributed by atoms with E-state index in [1.54, 1.807) is 0 Å². The van der Waals surface area contributed by atoms with Gasteiger partial charge in [0.25, 0.3) is 5.91 Å². The summed E-state index contributed by atoms with van der Waals surface area (Å²) in [4.78, 5) is 12.7. The molecule has 0 radical (unpaired) electrons. The normalized spacial score (nSPS) is 15.7. The number of hydrazine groups is 1. The largest absolute Gasteiger partial charge is 0.289 e. The molecule has 112 valence electrons. The molecule has 1 aromatic carbocycles. The molecule has 5 heteroatoms. The summed E-state index contributed by atoms with van der Waals surface area (Å²) in [6.07, 6.45) is 5.50. The van der Waals surface area contributed by atoms with E-state index in [9.17, 15) is 4.79 Å². The lowest BCUT2D eigenvalue weighted by Gasteiger charge is -2.09. The highest BCUT2D eigenvalue weighted by Gasteiger charge is 2.19. The highest BCUT2D eigenvalue weighted by atomic mass is 32.2. The van der Waals surface area contributed by atoms with Crippen molar-refractivity contribution in [3.63, 3.8) is 0 Å². The zero-order chi connectivity index (χ0) is 14.7. The number of hydrogen-bond donors (Lipinski definition) is 2. The molecule has 2 aromatic rings. The van der Waals surface area contributed by atoms with Crippen molar-refractivity contribution in [1.29, 1.82) is 0 Å². The van der Waals surface area contributed by atoms with Crippen molar-refractivity contribution in [3.8, 4) is 0 Å². The van der Waals surface area contributed by atoms with Gasteiger partial charge in [-0.2, -0.15) is 11.8 Å². The van der Waals surface area contributed by atoms with Crippen LogP contribution in [0.4, 0.5) is 0 Å². The molecule has 0 bridgehead atoms. The van der Waals surface area contributed by atoms with Crippen LogP contribution in [-0.4, -0.2) is 11.7 Å². The lowest BCUT2D eigenvalue weighted by molar-refractivity contribution is 0.0957. The van der Waals surface area contributed by atoms with Crippen LogP contribution in [0.5, 0.6) is 0 Å². The van der Waals surface area contributed by atoms with Gasteiger partial charge in [-0.3, -0.25) is 10.2 Å². The van der Waals surface area contributed by atoms with E-state index in [0.29, 0.717) is 0 Å². The number of nitrogens with two attached hydrogens (primary N) is 1. The van der Waals surface area contributed by atoms with E-state index in [2.05, 4.69) is 17.6 Å². The molecule has 0 spiro atoms. The van der Waals surface area contributed by atoms with Gasteiger partial charge in [0.05, 0.1) is 4.88 Å². The van der Waals surface area contributed by atoms with Gasteiger partial charge in [-0.05, 0) is 41.5 Å². The second-order valence-electron chi connectivity index (χ2n) is 5.54. The summed E-state index contributed by atoms with van der Waals surface area (Å²) in [5.74, 6) is 8.11. The van der Waals surface area contributed by atoms with Gasteiger partial charge in [0, 0.05) is 10.5 Å². The van der Waals surface area contributed by atoms with Crippen molar-refractivity contribution < 1.29 is 4.79 Å². The van der Waals surface area contributed by atoms with Crippen LogP contribution in [0.25, 0.3) is 10.1 Å². The third-order valence-electron chi connectivity index (χ3n) is 4.11. The first-order chi connectivity index (χ1) is 10.3. The predicted molar refractivity (Wildman–Crippen MR) is 91.6 cm³/mol. The minimum atomic E-state index is -0.173. The number of nitrogens with one attached hydrogen (secondary N) is 1. The number of rotatable bonds is 5. The summed E-state index contributed by atoms with van der Waals surface area (Å²) in [5.41, 5.74) is 3.42. The van der Waals surface area contributed by atoms with E-state index in [1.807, 2.05) is 23.9 Å².